The van der Waals surface area contributed by atoms with Gasteiger partial charge in [0.2, 0.25) is 5.70 Å². The Morgan fingerprint density at radius 3 is 2.44 bits per heavy atom. The standard InChI is InChI=1S/C34H49NO4/c1-22(2)10-9-11-23(3)27-14-15-28-26-21-31(35(37)38)30-20-25(39-32(36)24-12-7-6-8-13-24)16-18-34(30,5)29(26)17-19-33(27,28)4/h6-8,12-13,22-23,25-29H,9-11,14-21H2,1-5H3/t23-,25-,26+,27-,28+,29+,33-,34+/m0/s1. The first kappa shape index (κ1) is 28.4. The lowest BCUT2D eigenvalue weighted by atomic mass is 9.46. The summed E-state index contributed by atoms with van der Waals surface area (Å²) in [6.07, 6.45) is 11.3. The fourth-order valence-electron chi connectivity index (χ4n) is 9.84. The Balaban J connectivity index is 1.35. The van der Waals surface area contributed by atoms with Crippen molar-refractivity contribution < 1.29 is 14.5 Å². The second kappa shape index (κ2) is 11.0. The third kappa shape index (κ3) is 5.20. The van der Waals surface area contributed by atoms with Crippen LogP contribution in [0.4, 0.5) is 0 Å². The predicted octanol–water partition coefficient (Wildman–Crippen LogP) is 8.86. The fraction of sp³-hybridized carbons (Fsp3) is 0.735. The van der Waals surface area contributed by atoms with Crippen LogP contribution in [0.25, 0.3) is 0 Å². The maximum Gasteiger partial charge on any atom is 0.338 e. The molecular formula is C34H49NO4. The van der Waals surface area contributed by atoms with Gasteiger partial charge in [-0.3, -0.25) is 10.1 Å². The van der Waals surface area contributed by atoms with Crippen molar-refractivity contribution in [3.63, 3.8) is 0 Å². The van der Waals surface area contributed by atoms with Crippen LogP contribution in [0.2, 0.25) is 0 Å². The monoisotopic (exact) mass is 535 g/mol. The van der Waals surface area contributed by atoms with E-state index in [1.165, 1.54) is 44.9 Å². The van der Waals surface area contributed by atoms with Crippen molar-refractivity contribution >= 4 is 5.97 Å². The van der Waals surface area contributed by atoms with E-state index in [0.29, 0.717) is 47.3 Å². The first-order valence-corrected chi connectivity index (χ1v) is 15.7. The minimum Gasteiger partial charge on any atom is -0.458 e. The molecule has 0 unspecified atom stereocenters. The van der Waals surface area contributed by atoms with Crippen molar-refractivity contribution in [2.45, 2.75) is 111 Å². The summed E-state index contributed by atoms with van der Waals surface area (Å²) >= 11 is 0. The quantitative estimate of drug-likeness (QED) is 0.189. The lowest BCUT2D eigenvalue weighted by Crippen LogP contribution is -2.52. The third-order valence-corrected chi connectivity index (χ3v) is 11.8. The van der Waals surface area contributed by atoms with E-state index in [-0.39, 0.29) is 22.4 Å². The molecular weight excluding hydrogens is 486 g/mol. The summed E-state index contributed by atoms with van der Waals surface area (Å²) in [7, 11) is 0. The number of allylic oxidation sites excluding steroid dienone is 1. The second-order valence-corrected chi connectivity index (χ2v) is 14.3. The zero-order chi connectivity index (χ0) is 27.9. The van der Waals surface area contributed by atoms with E-state index < -0.39 is 0 Å². The van der Waals surface area contributed by atoms with Crippen molar-refractivity contribution in [3.05, 3.63) is 57.3 Å². The largest absolute Gasteiger partial charge is 0.458 e. The average molecular weight is 536 g/mol. The number of nitrogens with zero attached hydrogens (tertiary/aromatic N) is 1. The van der Waals surface area contributed by atoms with Crippen LogP contribution < -0.4 is 0 Å². The molecule has 214 valence electrons. The van der Waals surface area contributed by atoms with E-state index in [2.05, 4.69) is 34.6 Å². The second-order valence-electron chi connectivity index (χ2n) is 14.3. The number of carbonyl (C=O) groups is 1. The molecule has 5 rings (SSSR count). The summed E-state index contributed by atoms with van der Waals surface area (Å²) < 4.78 is 5.91. The topological polar surface area (TPSA) is 69.4 Å². The van der Waals surface area contributed by atoms with Crippen molar-refractivity contribution in [3.8, 4) is 0 Å². The van der Waals surface area contributed by atoms with E-state index in [4.69, 9.17) is 4.74 Å². The normalized spacial score (nSPS) is 36.6. The molecule has 0 N–H and O–H groups in total. The number of ether oxygens (including phenoxy) is 1. The van der Waals surface area contributed by atoms with Gasteiger partial charge in [0.1, 0.15) is 6.10 Å². The van der Waals surface area contributed by atoms with Crippen LogP contribution in [0.1, 0.15) is 116 Å². The van der Waals surface area contributed by atoms with Crippen molar-refractivity contribution in [1.29, 1.82) is 0 Å². The average Bonchev–Trinajstić information content (AvgIpc) is 3.26. The molecule has 1 aromatic rings. The summed E-state index contributed by atoms with van der Waals surface area (Å²) in [6, 6.07) is 9.08. The number of hydrogen-bond acceptors (Lipinski definition) is 4. The molecule has 0 heterocycles. The molecule has 3 fully saturated rings. The Hall–Kier alpha value is -2.17. The van der Waals surface area contributed by atoms with E-state index in [0.717, 1.165) is 36.2 Å². The molecule has 4 aliphatic rings. The molecule has 5 heteroatoms. The van der Waals surface area contributed by atoms with Gasteiger partial charge >= 0.3 is 5.97 Å². The maximum absolute atomic E-state index is 12.8. The summed E-state index contributed by atoms with van der Waals surface area (Å²) in [6.45, 7) is 12.0. The number of benzene rings is 1. The van der Waals surface area contributed by atoms with Gasteiger partial charge in [0.05, 0.1) is 10.5 Å². The van der Waals surface area contributed by atoms with Gasteiger partial charge in [-0.2, -0.15) is 0 Å². The molecule has 8 atom stereocenters. The number of carbonyl (C=O) groups excluding carboxylic acids is 1. The van der Waals surface area contributed by atoms with E-state index in [9.17, 15) is 14.9 Å². The summed E-state index contributed by atoms with van der Waals surface area (Å²) in [5, 5.41) is 12.5. The molecule has 3 saturated carbocycles. The van der Waals surface area contributed by atoms with Crippen molar-refractivity contribution in [2.75, 3.05) is 0 Å². The van der Waals surface area contributed by atoms with Gasteiger partial charge in [-0.1, -0.05) is 72.1 Å². The molecule has 0 spiro atoms. The molecule has 1 aromatic carbocycles. The highest BCUT2D eigenvalue weighted by molar-refractivity contribution is 5.89. The lowest BCUT2D eigenvalue weighted by Gasteiger charge is -2.58. The van der Waals surface area contributed by atoms with E-state index in [1.807, 2.05) is 18.2 Å². The minimum absolute atomic E-state index is 0.0852. The highest BCUT2D eigenvalue weighted by Gasteiger charge is 2.62. The van der Waals surface area contributed by atoms with Crippen LogP contribution in [0.15, 0.2) is 41.6 Å². The minimum atomic E-state index is -0.325. The Bertz CT molecular complexity index is 1100. The van der Waals surface area contributed by atoms with E-state index in [1.54, 1.807) is 12.1 Å². The van der Waals surface area contributed by atoms with Crippen LogP contribution in [-0.4, -0.2) is 17.0 Å². The number of hydrogen-bond donors (Lipinski definition) is 0. The Labute approximate surface area is 235 Å². The maximum atomic E-state index is 12.8. The highest BCUT2D eigenvalue weighted by atomic mass is 16.6. The molecule has 0 radical (unpaired) electrons. The first-order chi connectivity index (χ1) is 18.5. The highest BCUT2D eigenvalue weighted by Crippen LogP contribution is 2.68. The van der Waals surface area contributed by atoms with Crippen LogP contribution in [-0.2, 0) is 4.74 Å². The number of fused-ring (bicyclic) bond motifs is 5. The van der Waals surface area contributed by atoms with Gasteiger partial charge in [-0.25, -0.2) is 4.79 Å². The first-order valence-electron chi connectivity index (χ1n) is 15.7. The SMILES string of the molecule is CC(C)CCC[C@H](C)[C@@H]1CC[C@@H]2[C@H]3CC([N+](=O)[O-])=C4C[C@@H](OC(=O)c5ccccc5)CC[C@]4(C)[C@@H]3CC[C@]21C. The summed E-state index contributed by atoms with van der Waals surface area (Å²) in [5.74, 6) is 3.38. The smallest absolute Gasteiger partial charge is 0.338 e. The zero-order valence-corrected chi connectivity index (χ0v) is 24.8. The molecule has 39 heavy (non-hydrogen) atoms. The molecule has 0 aromatic heterocycles. The van der Waals surface area contributed by atoms with Gasteiger partial charge in [-0.05, 0) is 97.0 Å². The van der Waals surface area contributed by atoms with Gasteiger partial charge in [0.15, 0.2) is 0 Å². The third-order valence-electron chi connectivity index (χ3n) is 11.8. The zero-order valence-electron chi connectivity index (χ0n) is 24.8. The Kier molecular flexibility index (Phi) is 8.01. The predicted molar refractivity (Wildman–Crippen MR) is 155 cm³/mol. The fourth-order valence-corrected chi connectivity index (χ4v) is 9.84. The van der Waals surface area contributed by atoms with Crippen molar-refractivity contribution in [2.24, 2.45) is 46.3 Å². The number of rotatable bonds is 8. The number of nitro groups is 1. The Morgan fingerprint density at radius 2 is 1.74 bits per heavy atom. The van der Waals surface area contributed by atoms with Crippen LogP contribution >= 0.6 is 0 Å². The van der Waals surface area contributed by atoms with Gasteiger partial charge in [0, 0.05) is 18.4 Å². The lowest BCUT2D eigenvalue weighted by molar-refractivity contribution is -0.434. The van der Waals surface area contributed by atoms with Gasteiger partial charge < -0.3 is 4.74 Å². The van der Waals surface area contributed by atoms with Crippen molar-refractivity contribution in [1.82, 2.24) is 0 Å². The number of esters is 1. The van der Waals surface area contributed by atoms with Gasteiger partial charge in [0.25, 0.3) is 0 Å². The van der Waals surface area contributed by atoms with E-state index >= 15 is 0 Å². The molecule has 5 nitrogen and oxygen atoms in total. The molecule has 0 bridgehead atoms. The van der Waals surface area contributed by atoms with Gasteiger partial charge in [-0.15, -0.1) is 0 Å². The van der Waals surface area contributed by atoms with Crippen LogP contribution in [0.5, 0.6) is 0 Å². The molecule has 0 amide bonds. The summed E-state index contributed by atoms with van der Waals surface area (Å²) in [5.41, 5.74) is 2.10. The molecule has 4 aliphatic carbocycles. The van der Waals surface area contributed by atoms with Crippen LogP contribution in [0, 0.1) is 56.5 Å². The Morgan fingerprint density at radius 1 is 1.00 bits per heavy atom. The molecule has 0 saturated heterocycles. The van der Waals surface area contributed by atoms with Crippen LogP contribution in [0.3, 0.4) is 0 Å². The molecule has 0 aliphatic heterocycles. The summed E-state index contributed by atoms with van der Waals surface area (Å²) in [4.78, 5) is 25.2.